The summed E-state index contributed by atoms with van der Waals surface area (Å²) in [6, 6.07) is 7.43. The van der Waals surface area contributed by atoms with Gasteiger partial charge in [-0.1, -0.05) is 6.07 Å². The Bertz CT molecular complexity index is 514. The quantitative estimate of drug-likeness (QED) is 0.898. The molecule has 5 nitrogen and oxygen atoms in total. The van der Waals surface area contributed by atoms with Gasteiger partial charge in [0.15, 0.2) is 0 Å². The second-order valence-corrected chi connectivity index (χ2v) is 6.12. The number of amides is 1. The van der Waals surface area contributed by atoms with Gasteiger partial charge >= 0.3 is 0 Å². The molecule has 2 aliphatic rings. The van der Waals surface area contributed by atoms with Crippen LogP contribution in [0.5, 0.6) is 5.75 Å². The third-order valence-corrected chi connectivity index (χ3v) is 4.45. The fourth-order valence-electron chi connectivity index (χ4n) is 3.08. The van der Waals surface area contributed by atoms with E-state index in [0.717, 1.165) is 44.7 Å². The lowest BCUT2D eigenvalue weighted by molar-refractivity contribution is 0.0678. The van der Waals surface area contributed by atoms with Crippen LogP contribution in [0.15, 0.2) is 24.3 Å². The molecule has 120 valence electrons. The van der Waals surface area contributed by atoms with Gasteiger partial charge in [-0.25, -0.2) is 0 Å². The van der Waals surface area contributed by atoms with E-state index < -0.39 is 0 Å². The summed E-state index contributed by atoms with van der Waals surface area (Å²) < 4.78 is 11.3. The van der Waals surface area contributed by atoms with Crippen LogP contribution in [0.25, 0.3) is 0 Å². The van der Waals surface area contributed by atoms with Gasteiger partial charge in [-0.15, -0.1) is 0 Å². The molecule has 2 N–H and O–H groups in total. The number of rotatable bonds is 5. The zero-order valence-corrected chi connectivity index (χ0v) is 12.9. The van der Waals surface area contributed by atoms with E-state index >= 15 is 0 Å². The largest absolute Gasteiger partial charge is 0.491 e. The highest BCUT2D eigenvalue weighted by Crippen LogP contribution is 2.21. The zero-order valence-electron chi connectivity index (χ0n) is 12.9. The highest BCUT2D eigenvalue weighted by molar-refractivity contribution is 5.94. The first kappa shape index (κ1) is 15.3. The summed E-state index contributed by atoms with van der Waals surface area (Å²) in [4.78, 5) is 14.4. The first-order valence-electron chi connectivity index (χ1n) is 8.10. The number of hydrogen-bond donors (Lipinski definition) is 1. The van der Waals surface area contributed by atoms with E-state index in [9.17, 15) is 4.79 Å². The minimum absolute atomic E-state index is 0.0681. The van der Waals surface area contributed by atoms with E-state index in [0.29, 0.717) is 24.6 Å². The lowest BCUT2D eigenvalue weighted by atomic mass is 10.1. The molecule has 5 heteroatoms. The lowest BCUT2D eigenvalue weighted by Crippen LogP contribution is -2.29. The van der Waals surface area contributed by atoms with E-state index in [4.69, 9.17) is 15.2 Å². The second kappa shape index (κ2) is 7.11. The predicted molar refractivity (Wildman–Crippen MR) is 84.0 cm³/mol. The maximum atomic E-state index is 12.5. The first-order valence-corrected chi connectivity index (χ1v) is 8.10. The third-order valence-electron chi connectivity index (χ3n) is 4.45. The van der Waals surface area contributed by atoms with Crippen molar-refractivity contribution in [1.82, 2.24) is 4.90 Å². The van der Waals surface area contributed by atoms with Gasteiger partial charge in [0.2, 0.25) is 0 Å². The molecule has 0 aromatic heterocycles. The molecule has 2 fully saturated rings. The average Bonchev–Trinajstić information content (AvgIpc) is 3.24. The molecule has 1 aromatic carbocycles. The van der Waals surface area contributed by atoms with Crippen molar-refractivity contribution in [3.63, 3.8) is 0 Å². The first-order chi connectivity index (χ1) is 10.8. The molecule has 2 atom stereocenters. The van der Waals surface area contributed by atoms with Crippen LogP contribution in [0.2, 0.25) is 0 Å². The number of nitrogens with zero attached hydrogens (tertiary/aromatic N) is 1. The Morgan fingerprint density at radius 3 is 3.05 bits per heavy atom. The molecule has 1 aromatic rings. The zero-order chi connectivity index (χ0) is 15.4. The summed E-state index contributed by atoms with van der Waals surface area (Å²) >= 11 is 0. The molecule has 0 aliphatic carbocycles. The summed E-state index contributed by atoms with van der Waals surface area (Å²) in [5.41, 5.74) is 6.37. The normalized spacial score (nSPS) is 24.7. The van der Waals surface area contributed by atoms with E-state index in [1.807, 2.05) is 29.2 Å². The fraction of sp³-hybridized carbons (Fsp3) is 0.588. The van der Waals surface area contributed by atoms with Crippen LogP contribution < -0.4 is 10.5 Å². The highest BCUT2D eigenvalue weighted by atomic mass is 16.5. The van der Waals surface area contributed by atoms with Gasteiger partial charge in [-0.2, -0.15) is 0 Å². The van der Waals surface area contributed by atoms with Gasteiger partial charge < -0.3 is 20.1 Å². The Hall–Kier alpha value is -1.59. The topological polar surface area (TPSA) is 64.8 Å². The Kier molecular flexibility index (Phi) is 4.95. The number of ether oxygens (including phenoxy) is 2. The highest BCUT2D eigenvalue weighted by Gasteiger charge is 2.26. The molecule has 3 rings (SSSR count). The molecule has 2 saturated heterocycles. The van der Waals surface area contributed by atoms with Crippen LogP contribution >= 0.6 is 0 Å². The van der Waals surface area contributed by atoms with Crippen molar-refractivity contribution in [2.75, 3.05) is 32.8 Å². The van der Waals surface area contributed by atoms with E-state index in [-0.39, 0.29) is 12.0 Å². The summed E-state index contributed by atoms with van der Waals surface area (Å²) in [6.45, 7) is 3.58. The minimum atomic E-state index is 0.0681. The summed E-state index contributed by atoms with van der Waals surface area (Å²) in [5, 5.41) is 0. The molecule has 0 bridgehead atoms. The summed E-state index contributed by atoms with van der Waals surface area (Å²) in [5.74, 6) is 1.23. The lowest BCUT2D eigenvalue weighted by Gasteiger charge is -2.17. The molecule has 2 aliphatic heterocycles. The monoisotopic (exact) mass is 304 g/mol. The molecule has 2 heterocycles. The standard InChI is InChI=1S/C17H24N2O3/c18-10-13-6-7-19(11-13)17(20)14-3-1-4-15(9-14)22-12-16-5-2-8-21-16/h1,3-4,9,13,16H,2,5-8,10-12,18H2. The SMILES string of the molecule is NCC1CCN(C(=O)c2cccc(OCC3CCCO3)c2)C1. The number of likely N-dealkylation sites (tertiary alicyclic amines) is 1. The molecule has 0 saturated carbocycles. The van der Waals surface area contributed by atoms with Crippen molar-refractivity contribution in [2.45, 2.75) is 25.4 Å². The maximum absolute atomic E-state index is 12.5. The van der Waals surface area contributed by atoms with Crippen LogP contribution in [-0.4, -0.2) is 49.8 Å². The Balaban J connectivity index is 1.59. The van der Waals surface area contributed by atoms with Gasteiger partial charge in [0.25, 0.3) is 5.91 Å². The van der Waals surface area contributed by atoms with E-state index in [2.05, 4.69) is 0 Å². The van der Waals surface area contributed by atoms with Crippen molar-refractivity contribution in [3.8, 4) is 5.75 Å². The number of carbonyl (C=O) groups is 1. The summed E-state index contributed by atoms with van der Waals surface area (Å²) in [7, 11) is 0. The van der Waals surface area contributed by atoms with E-state index in [1.165, 1.54) is 0 Å². The van der Waals surface area contributed by atoms with Crippen LogP contribution in [0.3, 0.4) is 0 Å². The third kappa shape index (κ3) is 3.59. The van der Waals surface area contributed by atoms with Crippen molar-refractivity contribution in [2.24, 2.45) is 11.7 Å². The predicted octanol–water partition coefficient (Wildman–Crippen LogP) is 1.67. The fourth-order valence-corrected chi connectivity index (χ4v) is 3.08. The van der Waals surface area contributed by atoms with Crippen LogP contribution in [0.4, 0.5) is 0 Å². The van der Waals surface area contributed by atoms with Gasteiger partial charge in [0, 0.05) is 25.3 Å². The molecule has 22 heavy (non-hydrogen) atoms. The molecule has 1 amide bonds. The molecule has 2 unspecified atom stereocenters. The maximum Gasteiger partial charge on any atom is 0.253 e. The van der Waals surface area contributed by atoms with Crippen molar-refractivity contribution < 1.29 is 14.3 Å². The van der Waals surface area contributed by atoms with Crippen molar-refractivity contribution >= 4 is 5.91 Å². The van der Waals surface area contributed by atoms with Gasteiger partial charge in [0.1, 0.15) is 12.4 Å². The second-order valence-electron chi connectivity index (χ2n) is 6.12. The number of benzene rings is 1. The molecular formula is C17H24N2O3. The number of hydrogen-bond acceptors (Lipinski definition) is 4. The van der Waals surface area contributed by atoms with Crippen molar-refractivity contribution in [1.29, 1.82) is 0 Å². The van der Waals surface area contributed by atoms with Crippen LogP contribution in [0, 0.1) is 5.92 Å². The minimum Gasteiger partial charge on any atom is -0.491 e. The molecule has 0 radical (unpaired) electrons. The van der Waals surface area contributed by atoms with Gasteiger partial charge in [0.05, 0.1) is 6.10 Å². The molecule has 0 spiro atoms. The average molecular weight is 304 g/mol. The van der Waals surface area contributed by atoms with Gasteiger partial charge in [-0.05, 0) is 49.9 Å². The van der Waals surface area contributed by atoms with Gasteiger partial charge in [-0.3, -0.25) is 4.79 Å². The number of carbonyl (C=O) groups excluding carboxylic acids is 1. The number of nitrogens with two attached hydrogens (primary N) is 1. The van der Waals surface area contributed by atoms with Crippen LogP contribution in [0.1, 0.15) is 29.6 Å². The Morgan fingerprint density at radius 2 is 2.32 bits per heavy atom. The summed E-state index contributed by atoms with van der Waals surface area (Å²) in [6.07, 6.45) is 3.33. The van der Waals surface area contributed by atoms with E-state index in [1.54, 1.807) is 0 Å². The Labute approximate surface area is 131 Å². The Morgan fingerprint density at radius 1 is 1.41 bits per heavy atom. The molecular weight excluding hydrogens is 280 g/mol. The van der Waals surface area contributed by atoms with Crippen LogP contribution in [-0.2, 0) is 4.74 Å². The smallest absolute Gasteiger partial charge is 0.253 e. The van der Waals surface area contributed by atoms with Crippen molar-refractivity contribution in [3.05, 3.63) is 29.8 Å².